The van der Waals surface area contributed by atoms with Crippen LogP contribution in [0.1, 0.15) is 16.2 Å². The molecule has 1 amide bonds. The molecule has 3 aromatic heterocycles. The van der Waals surface area contributed by atoms with Crippen LogP contribution in [-0.4, -0.2) is 66.3 Å². The largest absolute Gasteiger partial charge is 0.353 e. The molecule has 5 rings (SSSR count). The molecule has 1 aliphatic heterocycles. The molecule has 9 nitrogen and oxygen atoms in total. The number of rotatable bonds is 2. The van der Waals surface area contributed by atoms with Crippen molar-refractivity contribution < 1.29 is 4.79 Å². The quantitative estimate of drug-likeness (QED) is 0.524. The molecule has 28 heavy (non-hydrogen) atoms. The Morgan fingerprint density at radius 3 is 2.71 bits per heavy atom. The molecular formula is C19H20N8O. The van der Waals surface area contributed by atoms with E-state index in [1.807, 2.05) is 49.2 Å². The number of aromatic nitrogens is 6. The first-order chi connectivity index (χ1) is 13.6. The number of anilines is 1. The molecule has 9 heteroatoms. The number of carbonyl (C=O) groups excluding carboxylic acids is 1. The number of amides is 1. The molecule has 142 valence electrons. The van der Waals surface area contributed by atoms with Crippen LogP contribution >= 0.6 is 0 Å². The fourth-order valence-corrected chi connectivity index (χ4v) is 3.80. The summed E-state index contributed by atoms with van der Waals surface area (Å²) in [6, 6.07) is 9.83. The van der Waals surface area contributed by atoms with Crippen molar-refractivity contribution in [2.45, 2.75) is 6.92 Å². The molecular weight excluding hydrogens is 356 g/mol. The van der Waals surface area contributed by atoms with E-state index in [0.717, 1.165) is 35.5 Å². The van der Waals surface area contributed by atoms with Gasteiger partial charge in [-0.3, -0.25) is 9.48 Å². The monoisotopic (exact) mass is 376 g/mol. The van der Waals surface area contributed by atoms with E-state index >= 15 is 0 Å². The molecule has 4 aromatic rings. The Labute approximate surface area is 161 Å². The Bertz CT molecular complexity index is 1190. The minimum Gasteiger partial charge on any atom is -0.353 e. The number of hydrogen-bond acceptors (Lipinski definition) is 6. The minimum atomic E-state index is -0.0201. The lowest BCUT2D eigenvalue weighted by molar-refractivity contribution is 0.0741. The highest BCUT2D eigenvalue weighted by molar-refractivity contribution is 6.04. The molecule has 0 saturated carbocycles. The van der Waals surface area contributed by atoms with E-state index in [-0.39, 0.29) is 5.91 Å². The van der Waals surface area contributed by atoms with Crippen molar-refractivity contribution in [3.05, 3.63) is 48.0 Å². The topological polar surface area (TPSA) is 84.5 Å². The maximum Gasteiger partial charge on any atom is 0.275 e. The van der Waals surface area contributed by atoms with E-state index in [0.29, 0.717) is 24.6 Å². The maximum absolute atomic E-state index is 13.1. The van der Waals surface area contributed by atoms with Crippen LogP contribution in [0.5, 0.6) is 0 Å². The predicted molar refractivity (Wildman–Crippen MR) is 104 cm³/mol. The molecule has 0 aliphatic carbocycles. The second-order valence-corrected chi connectivity index (χ2v) is 7.00. The smallest absolute Gasteiger partial charge is 0.275 e. The van der Waals surface area contributed by atoms with Gasteiger partial charge in [0.2, 0.25) is 0 Å². The van der Waals surface area contributed by atoms with Gasteiger partial charge in [0, 0.05) is 50.4 Å². The number of piperazine rings is 1. The molecule has 0 spiro atoms. The average Bonchev–Trinajstić information content (AvgIpc) is 3.32. The van der Waals surface area contributed by atoms with E-state index in [1.165, 1.54) is 6.33 Å². The standard InChI is InChI=1S/C19H20N8O/c1-13-11-16(27-19(22-13)20-12-21-27)25-7-9-26(10-8-25)18(28)17-14-5-3-4-6-15(14)24(2)23-17/h3-6,11-12H,7-10H2,1-2H3. The fourth-order valence-electron chi connectivity index (χ4n) is 3.80. The fraction of sp³-hybridized carbons (Fsp3) is 0.316. The Morgan fingerprint density at radius 2 is 1.89 bits per heavy atom. The molecule has 0 radical (unpaired) electrons. The van der Waals surface area contributed by atoms with Gasteiger partial charge in [0.05, 0.1) is 5.52 Å². The molecule has 0 N–H and O–H groups in total. The third-order valence-corrected chi connectivity index (χ3v) is 5.21. The second-order valence-electron chi connectivity index (χ2n) is 7.00. The van der Waals surface area contributed by atoms with Gasteiger partial charge in [-0.1, -0.05) is 18.2 Å². The minimum absolute atomic E-state index is 0.0201. The third-order valence-electron chi connectivity index (χ3n) is 5.21. The van der Waals surface area contributed by atoms with Gasteiger partial charge in [-0.2, -0.15) is 19.7 Å². The molecule has 1 aliphatic rings. The lowest BCUT2D eigenvalue weighted by Gasteiger charge is -2.35. The van der Waals surface area contributed by atoms with Crippen molar-refractivity contribution >= 4 is 28.4 Å². The van der Waals surface area contributed by atoms with Gasteiger partial charge in [0.1, 0.15) is 12.1 Å². The lowest BCUT2D eigenvalue weighted by Crippen LogP contribution is -2.49. The number of hydrogen-bond donors (Lipinski definition) is 0. The Morgan fingerprint density at radius 1 is 1.11 bits per heavy atom. The number of nitrogens with zero attached hydrogens (tertiary/aromatic N) is 8. The van der Waals surface area contributed by atoms with Crippen LogP contribution in [0.3, 0.4) is 0 Å². The molecule has 0 bridgehead atoms. The molecule has 1 fully saturated rings. The van der Waals surface area contributed by atoms with E-state index < -0.39 is 0 Å². The highest BCUT2D eigenvalue weighted by atomic mass is 16.2. The number of benzene rings is 1. The normalized spacial score (nSPS) is 14.9. The summed E-state index contributed by atoms with van der Waals surface area (Å²) in [6.45, 7) is 4.64. The van der Waals surface area contributed by atoms with Crippen molar-refractivity contribution in [3.63, 3.8) is 0 Å². The van der Waals surface area contributed by atoms with Crippen molar-refractivity contribution in [3.8, 4) is 0 Å². The van der Waals surface area contributed by atoms with E-state index in [2.05, 4.69) is 25.1 Å². The van der Waals surface area contributed by atoms with E-state index in [9.17, 15) is 4.79 Å². The summed E-state index contributed by atoms with van der Waals surface area (Å²) in [6.07, 6.45) is 1.51. The van der Waals surface area contributed by atoms with Gasteiger partial charge in [0.25, 0.3) is 11.7 Å². The number of fused-ring (bicyclic) bond motifs is 2. The summed E-state index contributed by atoms with van der Waals surface area (Å²) < 4.78 is 3.51. The second kappa shape index (κ2) is 6.29. The van der Waals surface area contributed by atoms with E-state index in [1.54, 1.807) is 9.20 Å². The first-order valence-corrected chi connectivity index (χ1v) is 9.25. The van der Waals surface area contributed by atoms with Crippen LogP contribution in [0.2, 0.25) is 0 Å². The Kier molecular flexibility index (Phi) is 3.75. The molecule has 1 saturated heterocycles. The van der Waals surface area contributed by atoms with Crippen LogP contribution < -0.4 is 4.90 Å². The van der Waals surface area contributed by atoms with Crippen LogP contribution in [-0.2, 0) is 7.05 Å². The van der Waals surface area contributed by atoms with Gasteiger partial charge >= 0.3 is 0 Å². The van der Waals surface area contributed by atoms with Crippen molar-refractivity contribution in [2.24, 2.45) is 7.05 Å². The van der Waals surface area contributed by atoms with Crippen LogP contribution in [0.15, 0.2) is 36.7 Å². The van der Waals surface area contributed by atoms with Crippen LogP contribution in [0, 0.1) is 6.92 Å². The highest BCUT2D eigenvalue weighted by Gasteiger charge is 2.27. The Hall–Kier alpha value is -3.49. The summed E-state index contributed by atoms with van der Waals surface area (Å²) in [5.74, 6) is 1.53. The van der Waals surface area contributed by atoms with Gasteiger partial charge in [-0.25, -0.2) is 4.98 Å². The predicted octanol–water partition coefficient (Wildman–Crippen LogP) is 1.28. The maximum atomic E-state index is 13.1. The number of aryl methyl sites for hydroxylation is 2. The first-order valence-electron chi connectivity index (χ1n) is 9.25. The first kappa shape index (κ1) is 16.7. The van der Waals surface area contributed by atoms with Crippen LogP contribution in [0.4, 0.5) is 5.82 Å². The number of carbonyl (C=O) groups is 1. The highest BCUT2D eigenvalue weighted by Crippen LogP contribution is 2.21. The Balaban J connectivity index is 1.38. The van der Waals surface area contributed by atoms with E-state index in [4.69, 9.17) is 0 Å². The summed E-state index contributed by atoms with van der Waals surface area (Å²) >= 11 is 0. The van der Waals surface area contributed by atoms with Crippen LogP contribution in [0.25, 0.3) is 16.7 Å². The SMILES string of the molecule is Cc1cc(N2CCN(C(=O)c3nn(C)c4ccccc34)CC2)n2ncnc2n1. The summed E-state index contributed by atoms with van der Waals surface area (Å²) in [5, 5.41) is 9.65. The number of para-hydroxylation sites is 1. The van der Waals surface area contributed by atoms with Gasteiger partial charge in [-0.15, -0.1) is 0 Å². The molecule has 0 atom stereocenters. The lowest BCUT2D eigenvalue weighted by atomic mass is 10.2. The average molecular weight is 376 g/mol. The van der Waals surface area contributed by atoms with Gasteiger partial charge in [0.15, 0.2) is 5.69 Å². The molecule has 4 heterocycles. The summed E-state index contributed by atoms with van der Waals surface area (Å²) in [7, 11) is 1.87. The molecule has 0 unspecified atom stereocenters. The van der Waals surface area contributed by atoms with Gasteiger partial charge < -0.3 is 9.80 Å². The zero-order chi connectivity index (χ0) is 19.3. The zero-order valence-corrected chi connectivity index (χ0v) is 15.8. The van der Waals surface area contributed by atoms with Gasteiger partial charge in [-0.05, 0) is 13.0 Å². The summed E-state index contributed by atoms with van der Waals surface area (Å²) in [4.78, 5) is 25.8. The third kappa shape index (κ3) is 2.58. The summed E-state index contributed by atoms with van der Waals surface area (Å²) in [5.41, 5.74) is 2.38. The van der Waals surface area contributed by atoms with Crippen molar-refractivity contribution in [1.29, 1.82) is 0 Å². The zero-order valence-electron chi connectivity index (χ0n) is 15.8. The van der Waals surface area contributed by atoms with Crippen molar-refractivity contribution in [1.82, 2.24) is 34.3 Å². The van der Waals surface area contributed by atoms with Crippen molar-refractivity contribution in [2.75, 3.05) is 31.1 Å². The molecule has 1 aromatic carbocycles.